The van der Waals surface area contributed by atoms with Gasteiger partial charge in [0.15, 0.2) is 23.4 Å². The smallest absolute Gasteiger partial charge is 0.333 e. The first kappa shape index (κ1) is 55.2. The minimum absolute atomic E-state index is 0.0927. The Morgan fingerprint density at radius 3 is 2.30 bits per heavy atom. The number of nitrogens with zero attached hydrogens (tertiary/aromatic N) is 3. The zero-order valence-corrected chi connectivity index (χ0v) is 44.8. The zero-order valence-electron chi connectivity index (χ0n) is 42.5. The molecule has 1 saturated carbocycles. The van der Waals surface area contributed by atoms with Gasteiger partial charge in [-0.15, -0.1) is 11.8 Å². The monoisotopic (exact) mass is 1020 g/mol. The zero-order chi connectivity index (χ0) is 50.5. The summed E-state index contributed by atoms with van der Waals surface area (Å²) >= 11 is 14.8. The summed E-state index contributed by atoms with van der Waals surface area (Å²) in [6.45, 7) is 15.6. The lowest BCUT2D eigenvalue weighted by Crippen LogP contribution is -2.58. The maximum atomic E-state index is 15.1. The Hall–Kier alpha value is -3.15. The van der Waals surface area contributed by atoms with Gasteiger partial charge in [-0.25, -0.2) is 4.79 Å². The van der Waals surface area contributed by atoms with E-state index in [0.29, 0.717) is 64.4 Å². The lowest BCUT2D eigenvalue weighted by molar-refractivity contribution is -0.294. The van der Waals surface area contributed by atoms with Crippen LogP contribution < -0.4 is 14.4 Å². The molecule has 69 heavy (non-hydrogen) atoms. The number of carbonyl (C=O) groups is 3. The maximum Gasteiger partial charge on any atom is 0.333 e. The predicted molar refractivity (Wildman–Crippen MR) is 269 cm³/mol. The van der Waals surface area contributed by atoms with E-state index in [1.165, 1.54) is 11.8 Å². The number of methoxy groups -OCH3 is 2. The van der Waals surface area contributed by atoms with Crippen LogP contribution in [0.2, 0.25) is 10.0 Å². The van der Waals surface area contributed by atoms with Crippen molar-refractivity contribution in [2.24, 2.45) is 23.7 Å². The third-order valence-electron chi connectivity index (χ3n) is 15.0. The topological polar surface area (TPSA) is 155 Å². The summed E-state index contributed by atoms with van der Waals surface area (Å²) in [5.74, 6) is -1.96. The highest BCUT2D eigenvalue weighted by molar-refractivity contribution is 8.00. The predicted octanol–water partition coefficient (Wildman–Crippen LogP) is 9.12. The molecule has 0 bridgehead atoms. The number of hydrogen-bond acceptors (Lipinski definition) is 15. The highest BCUT2D eigenvalue weighted by atomic mass is 35.5. The summed E-state index contributed by atoms with van der Waals surface area (Å²) in [4.78, 5) is 51.9. The molecule has 4 aliphatic rings. The minimum atomic E-state index is -1.35. The minimum Gasteiger partial charge on any atom is -0.493 e. The quantitative estimate of drug-likeness (QED) is 0.169. The van der Waals surface area contributed by atoms with Gasteiger partial charge >= 0.3 is 11.9 Å². The number of halogens is 2. The number of rotatable bonds is 15. The van der Waals surface area contributed by atoms with E-state index in [0.717, 1.165) is 31.4 Å². The van der Waals surface area contributed by atoms with Crippen LogP contribution in [0.15, 0.2) is 42.2 Å². The molecular formula is C52H75Cl2N3O11S. The van der Waals surface area contributed by atoms with Crippen LogP contribution in [0.3, 0.4) is 0 Å². The van der Waals surface area contributed by atoms with Crippen molar-refractivity contribution < 1.29 is 52.6 Å². The number of aromatic nitrogens is 1. The van der Waals surface area contributed by atoms with Crippen molar-refractivity contribution >= 4 is 58.4 Å². The first-order chi connectivity index (χ1) is 32.7. The lowest BCUT2D eigenvalue weighted by Gasteiger charge is -2.46. The van der Waals surface area contributed by atoms with Gasteiger partial charge in [-0.05, 0) is 98.9 Å². The van der Waals surface area contributed by atoms with E-state index < -0.39 is 76.7 Å². The van der Waals surface area contributed by atoms with Gasteiger partial charge in [-0.3, -0.25) is 14.6 Å². The molecule has 0 spiro atoms. The molecule has 0 amide bonds. The summed E-state index contributed by atoms with van der Waals surface area (Å²) in [6.07, 6.45) is 6.47. The number of Topliss-reactive ketones (excluding diaryl/α,β-unsaturated/α-hetero) is 1. The molecule has 1 N–H and O–H groups in total. The Morgan fingerprint density at radius 1 is 1.00 bits per heavy atom. The molecule has 1 aliphatic carbocycles. The first-order valence-corrected chi connectivity index (χ1v) is 26.3. The van der Waals surface area contributed by atoms with Crippen molar-refractivity contribution in [3.05, 3.63) is 57.9 Å². The number of carbonyl (C=O) groups excluding carboxylic acids is 3. The van der Waals surface area contributed by atoms with Gasteiger partial charge in [0, 0.05) is 90.9 Å². The number of fused-ring (bicyclic) bond motifs is 1. The van der Waals surface area contributed by atoms with E-state index in [4.69, 9.17) is 56.4 Å². The molecule has 3 aliphatic heterocycles. The number of cyclic esters (lactones) is 1. The summed E-state index contributed by atoms with van der Waals surface area (Å²) in [7, 11) is 7.03. The number of aliphatic hydroxyl groups is 1. The molecule has 0 unspecified atom stereocenters. The molecular weight excluding hydrogens is 946 g/mol. The number of pyridine rings is 1. The van der Waals surface area contributed by atoms with Gasteiger partial charge in [0.25, 0.3) is 0 Å². The summed E-state index contributed by atoms with van der Waals surface area (Å²) in [5.41, 5.74) is -0.620. The third kappa shape index (κ3) is 12.4. The number of benzene rings is 1. The Balaban J connectivity index is 1.33. The Labute approximate surface area is 423 Å². The molecule has 3 fully saturated rings. The van der Waals surface area contributed by atoms with E-state index in [9.17, 15) is 14.7 Å². The maximum absolute atomic E-state index is 15.1. The molecule has 384 valence electrons. The van der Waals surface area contributed by atoms with Crippen LogP contribution in [0.25, 0.3) is 0 Å². The molecule has 0 radical (unpaired) electrons. The number of thioether (sulfide) groups is 1. The fraction of sp³-hybridized carbons (Fsp3) is 0.692. The molecule has 1 aromatic heterocycles. The number of ether oxygens (including phenoxy) is 7. The standard InChI is InChI=1S/C52H75Cl2N3O11S/c1-13-42-52(8)43(33(6)44(58)31(4)25-51(7,63-12)47(29(2)22-30(3)48(60)66-42)67-50-45(59)39(56(9)10)23-32(5)64-50)46(49(61)68-52)69-21-20-57(28-36-37(53)26-55-27-38(36)54)34-18-19-40(62-11)41(24-34)65-35-16-14-15-17-35/h18-19,22,24,26-27,29,31-33,35,39,42-43,45-47,50,59H,13-17,20-21,23,25,28H2,1-12H3/b30-22-/t29-,31+,32+,33+,39-,42+,43-,45+,46-,47+,50-,51+,52+/m0/s1. The Morgan fingerprint density at radius 2 is 1.68 bits per heavy atom. The number of likely N-dealkylation sites (N-methyl/N-ethyl adjacent to an activating group) is 1. The summed E-state index contributed by atoms with van der Waals surface area (Å²) < 4.78 is 44.3. The SMILES string of the molecule is CC[C@H]1OC(=O)/C(C)=C\[C@H](C)[C@@H](O[C@@H]2O[C@H](C)C[C@H](N(C)C)[C@H]2O)[C@](C)(OC)C[C@@H](C)C(=O)[C@H](C)[C@H]2[C@H](SCCN(Cc3c(Cl)cncc3Cl)c3ccc(OC)c(OC4CCCC4)c3)C(=O)O[C@@]21C. The highest BCUT2D eigenvalue weighted by Crippen LogP contribution is 2.49. The lowest BCUT2D eigenvalue weighted by atomic mass is 9.70. The molecule has 6 rings (SSSR count). The highest BCUT2D eigenvalue weighted by Gasteiger charge is 2.61. The van der Waals surface area contributed by atoms with Gasteiger partial charge in [0.1, 0.15) is 23.2 Å². The number of anilines is 1. The molecule has 2 saturated heterocycles. The number of ketones is 1. The van der Waals surface area contributed by atoms with Crippen LogP contribution in [0.5, 0.6) is 11.5 Å². The van der Waals surface area contributed by atoms with Crippen molar-refractivity contribution in [2.75, 3.05) is 45.5 Å². The second kappa shape index (κ2) is 23.6. The van der Waals surface area contributed by atoms with Crippen LogP contribution >= 0.6 is 35.0 Å². The second-order valence-electron chi connectivity index (χ2n) is 20.2. The molecule has 4 heterocycles. The van der Waals surface area contributed by atoms with E-state index in [1.807, 2.05) is 78.7 Å². The normalized spacial score (nSPS) is 34.6. The van der Waals surface area contributed by atoms with Crippen LogP contribution in [0.4, 0.5) is 5.69 Å². The van der Waals surface area contributed by atoms with Crippen LogP contribution in [-0.2, 0) is 44.6 Å². The van der Waals surface area contributed by atoms with Gasteiger partial charge in [0.05, 0.1) is 41.1 Å². The largest absolute Gasteiger partial charge is 0.493 e. The van der Waals surface area contributed by atoms with Crippen LogP contribution in [-0.4, -0.2) is 133 Å². The molecule has 2 aromatic rings. The summed E-state index contributed by atoms with van der Waals surface area (Å²) in [5, 5.41) is 11.6. The average molecular weight is 1020 g/mol. The first-order valence-electron chi connectivity index (χ1n) is 24.5. The van der Waals surface area contributed by atoms with Crippen LogP contribution in [0.1, 0.15) is 106 Å². The van der Waals surface area contributed by atoms with E-state index >= 15 is 4.79 Å². The van der Waals surface area contributed by atoms with Gasteiger partial charge in [-0.1, -0.05) is 57.0 Å². The van der Waals surface area contributed by atoms with Crippen molar-refractivity contribution in [1.29, 1.82) is 0 Å². The van der Waals surface area contributed by atoms with Crippen molar-refractivity contribution in [3.63, 3.8) is 0 Å². The average Bonchev–Trinajstić information content (AvgIpc) is 3.92. The fourth-order valence-electron chi connectivity index (χ4n) is 11.2. The third-order valence-corrected chi connectivity index (χ3v) is 16.9. The summed E-state index contributed by atoms with van der Waals surface area (Å²) in [6, 6.07) is 5.59. The van der Waals surface area contributed by atoms with Crippen LogP contribution in [0, 0.1) is 23.7 Å². The van der Waals surface area contributed by atoms with Gasteiger partial charge in [-0.2, -0.15) is 0 Å². The molecule has 14 nitrogen and oxygen atoms in total. The second-order valence-corrected chi connectivity index (χ2v) is 22.3. The number of esters is 2. The van der Waals surface area contributed by atoms with Gasteiger partial charge in [0.2, 0.25) is 0 Å². The van der Waals surface area contributed by atoms with Gasteiger partial charge < -0.3 is 48.1 Å². The molecule has 13 atom stereocenters. The van der Waals surface area contributed by atoms with E-state index in [-0.39, 0.29) is 30.5 Å². The van der Waals surface area contributed by atoms with Crippen molar-refractivity contribution in [1.82, 2.24) is 9.88 Å². The Kier molecular flexibility index (Phi) is 18.9. The fourth-order valence-corrected chi connectivity index (χ4v) is 13.1. The number of aliphatic hydroxyl groups excluding tert-OH is 1. The Bertz CT molecular complexity index is 2120. The van der Waals surface area contributed by atoms with Crippen molar-refractivity contribution in [2.45, 2.75) is 166 Å². The van der Waals surface area contributed by atoms with E-state index in [1.54, 1.807) is 46.5 Å². The molecule has 1 aromatic carbocycles. The van der Waals surface area contributed by atoms with E-state index in [2.05, 4.69) is 9.88 Å². The number of hydrogen-bond donors (Lipinski definition) is 1. The van der Waals surface area contributed by atoms with Crippen molar-refractivity contribution in [3.8, 4) is 11.5 Å². The molecule has 17 heteroatoms.